The molecule has 8 nitrogen and oxygen atoms in total. The molecule has 3 N–H and O–H groups in total. The number of allylic oxidation sites excluding steroid dienone is 6. The van der Waals surface area contributed by atoms with Crippen LogP contribution in [0.2, 0.25) is 0 Å². The van der Waals surface area contributed by atoms with Gasteiger partial charge in [-0.3, -0.25) is 13.8 Å². The summed E-state index contributed by atoms with van der Waals surface area (Å²) in [5.74, 6) is -0.336. The number of phosphoric ester groups is 1. The van der Waals surface area contributed by atoms with Crippen molar-refractivity contribution in [2.24, 2.45) is 5.73 Å². The van der Waals surface area contributed by atoms with Crippen LogP contribution in [0.1, 0.15) is 245 Å². The van der Waals surface area contributed by atoms with Crippen molar-refractivity contribution in [2.75, 3.05) is 33.0 Å². The zero-order valence-electron chi connectivity index (χ0n) is 39.5. The molecule has 0 saturated carbocycles. The molecule has 0 heterocycles. The molecule has 0 bridgehead atoms. The lowest BCUT2D eigenvalue weighted by Crippen LogP contribution is -2.28. The van der Waals surface area contributed by atoms with E-state index in [0.29, 0.717) is 13.0 Å². The molecule has 0 aromatic heterocycles. The van der Waals surface area contributed by atoms with Gasteiger partial charge in [-0.1, -0.05) is 204 Å². The van der Waals surface area contributed by atoms with Crippen LogP contribution in [-0.2, 0) is 27.9 Å². The highest BCUT2D eigenvalue weighted by atomic mass is 31.2. The van der Waals surface area contributed by atoms with E-state index in [-0.39, 0.29) is 32.3 Å². The summed E-state index contributed by atoms with van der Waals surface area (Å²) in [7, 11) is -4.28. The van der Waals surface area contributed by atoms with Crippen LogP contribution in [0.3, 0.4) is 0 Å². The van der Waals surface area contributed by atoms with Crippen molar-refractivity contribution >= 4 is 13.8 Å². The number of carbonyl (C=O) groups excluding carboxylic acids is 1. The minimum absolute atomic E-state index is 0.0962. The molecule has 0 saturated heterocycles. The molecule has 0 radical (unpaired) electrons. The Kier molecular flexibility index (Phi) is 47.7. The third-order valence-corrected chi connectivity index (χ3v) is 12.0. The Morgan fingerprint density at radius 2 is 0.883 bits per heavy atom. The Labute approximate surface area is 371 Å². The summed E-state index contributed by atoms with van der Waals surface area (Å²) in [5.41, 5.74) is 5.38. The molecule has 60 heavy (non-hydrogen) atoms. The molecule has 0 aromatic rings. The topological polar surface area (TPSA) is 117 Å². The van der Waals surface area contributed by atoms with Gasteiger partial charge in [0, 0.05) is 19.6 Å². The van der Waals surface area contributed by atoms with E-state index in [1.54, 1.807) is 0 Å². The quantitative estimate of drug-likeness (QED) is 0.0269. The fourth-order valence-corrected chi connectivity index (χ4v) is 8.02. The highest BCUT2D eigenvalue weighted by Crippen LogP contribution is 2.43. The van der Waals surface area contributed by atoms with E-state index in [2.05, 4.69) is 50.3 Å². The van der Waals surface area contributed by atoms with Gasteiger partial charge in [-0.15, -0.1) is 0 Å². The maximum Gasteiger partial charge on any atom is 0.472 e. The predicted octanol–water partition coefficient (Wildman–Crippen LogP) is 15.8. The number of esters is 1. The van der Waals surface area contributed by atoms with E-state index in [9.17, 15) is 14.3 Å². The van der Waals surface area contributed by atoms with Gasteiger partial charge in [-0.25, -0.2) is 4.57 Å². The first-order chi connectivity index (χ1) is 29.4. The van der Waals surface area contributed by atoms with E-state index in [1.807, 2.05) is 0 Å². The molecule has 0 aliphatic carbocycles. The maximum absolute atomic E-state index is 12.6. The summed E-state index contributed by atoms with van der Waals surface area (Å²) in [6.45, 7) is 4.93. The Morgan fingerprint density at radius 3 is 1.32 bits per heavy atom. The van der Waals surface area contributed by atoms with Gasteiger partial charge in [-0.2, -0.15) is 0 Å². The average Bonchev–Trinajstić information content (AvgIpc) is 3.24. The van der Waals surface area contributed by atoms with Crippen molar-refractivity contribution in [2.45, 2.75) is 251 Å². The Balaban J connectivity index is 3.88. The zero-order valence-corrected chi connectivity index (χ0v) is 40.3. The molecule has 0 amide bonds. The molecule has 2 unspecified atom stereocenters. The van der Waals surface area contributed by atoms with E-state index < -0.39 is 13.9 Å². The average molecular weight is 868 g/mol. The van der Waals surface area contributed by atoms with Crippen molar-refractivity contribution in [1.82, 2.24) is 0 Å². The summed E-state index contributed by atoms with van der Waals surface area (Å²) >= 11 is 0. The number of nitrogens with two attached hydrogens (primary N) is 1. The molecule has 0 aliphatic heterocycles. The van der Waals surface area contributed by atoms with Crippen molar-refractivity contribution in [3.8, 4) is 0 Å². The largest absolute Gasteiger partial charge is 0.472 e. The second-order valence-corrected chi connectivity index (χ2v) is 18.5. The van der Waals surface area contributed by atoms with E-state index in [1.165, 1.54) is 173 Å². The number of carbonyl (C=O) groups is 1. The monoisotopic (exact) mass is 868 g/mol. The first-order valence-electron chi connectivity index (χ1n) is 25.5. The lowest BCUT2D eigenvalue weighted by Gasteiger charge is -2.20. The standard InChI is InChI=1S/C51H98NO7P/c1-3-5-7-9-11-13-15-17-19-20-21-22-23-24-25-26-27-28-29-31-33-35-37-39-41-43-46-56-48-50(49-58-60(54,55)57-47-45-52)59-51(53)44-42-40-38-36-34-32-30-18-16-14-12-10-8-6-4-2/h15,17-18,20-21,30,50H,3-14,16,19,22-29,31-49,52H2,1-2H3,(H,54,55)/b17-15-,21-20-,30-18-. The van der Waals surface area contributed by atoms with Gasteiger partial charge in [0.2, 0.25) is 0 Å². The van der Waals surface area contributed by atoms with Crippen LogP contribution < -0.4 is 5.73 Å². The zero-order chi connectivity index (χ0) is 43.7. The molecular formula is C51H98NO7P. The van der Waals surface area contributed by atoms with Crippen LogP contribution in [0.5, 0.6) is 0 Å². The van der Waals surface area contributed by atoms with Crippen LogP contribution in [0, 0.1) is 0 Å². The number of ether oxygens (including phenoxy) is 2. The van der Waals surface area contributed by atoms with E-state index >= 15 is 0 Å². The third-order valence-electron chi connectivity index (χ3n) is 11.0. The van der Waals surface area contributed by atoms with Crippen molar-refractivity contribution in [1.29, 1.82) is 0 Å². The molecule has 0 aromatic carbocycles. The van der Waals surface area contributed by atoms with Gasteiger partial charge in [0.25, 0.3) is 0 Å². The van der Waals surface area contributed by atoms with Crippen molar-refractivity contribution < 1.29 is 32.8 Å². The minimum Gasteiger partial charge on any atom is -0.457 e. The van der Waals surface area contributed by atoms with Crippen LogP contribution in [0.15, 0.2) is 36.5 Å². The van der Waals surface area contributed by atoms with Crippen molar-refractivity contribution in [3.63, 3.8) is 0 Å². The summed E-state index contributed by atoms with van der Waals surface area (Å²) < 4.78 is 33.5. The fourth-order valence-electron chi connectivity index (χ4n) is 7.26. The Morgan fingerprint density at radius 1 is 0.500 bits per heavy atom. The van der Waals surface area contributed by atoms with E-state index in [0.717, 1.165) is 51.4 Å². The maximum atomic E-state index is 12.6. The van der Waals surface area contributed by atoms with Crippen molar-refractivity contribution in [3.05, 3.63) is 36.5 Å². The first kappa shape index (κ1) is 58.7. The minimum atomic E-state index is -4.28. The van der Waals surface area contributed by atoms with Gasteiger partial charge in [-0.05, 0) is 70.6 Å². The summed E-state index contributed by atoms with van der Waals surface area (Å²) in [6, 6.07) is 0. The highest BCUT2D eigenvalue weighted by molar-refractivity contribution is 7.47. The van der Waals surface area contributed by atoms with Gasteiger partial charge < -0.3 is 20.1 Å². The van der Waals surface area contributed by atoms with Gasteiger partial charge in [0.15, 0.2) is 0 Å². The van der Waals surface area contributed by atoms with Gasteiger partial charge in [0.1, 0.15) is 6.10 Å². The van der Waals surface area contributed by atoms with Gasteiger partial charge in [0.05, 0.1) is 19.8 Å². The summed E-state index contributed by atoms with van der Waals surface area (Å²) in [6.07, 6.45) is 57.5. The number of phosphoric acid groups is 1. The Bertz CT molecular complexity index is 1020. The van der Waals surface area contributed by atoms with Crippen LogP contribution in [0.25, 0.3) is 0 Å². The lowest BCUT2D eigenvalue weighted by molar-refractivity contribution is -0.154. The molecule has 354 valence electrons. The van der Waals surface area contributed by atoms with Crippen LogP contribution in [-0.4, -0.2) is 49.9 Å². The summed E-state index contributed by atoms with van der Waals surface area (Å²) in [4.78, 5) is 22.5. The van der Waals surface area contributed by atoms with E-state index in [4.69, 9.17) is 24.3 Å². The highest BCUT2D eigenvalue weighted by Gasteiger charge is 2.25. The van der Waals surface area contributed by atoms with Gasteiger partial charge >= 0.3 is 13.8 Å². The number of rotatable bonds is 49. The molecule has 0 spiro atoms. The smallest absolute Gasteiger partial charge is 0.457 e. The van der Waals surface area contributed by atoms with Crippen LogP contribution in [0.4, 0.5) is 0 Å². The predicted molar refractivity (Wildman–Crippen MR) is 256 cm³/mol. The number of hydrogen-bond donors (Lipinski definition) is 2. The molecule has 0 rings (SSSR count). The second-order valence-electron chi connectivity index (χ2n) is 17.0. The number of unbranched alkanes of at least 4 members (excludes halogenated alkanes) is 30. The summed E-state index contributed by atoms with van der Waals surface area (Å²) in [5, 5.41) is 0. The SMILES string of the molecule is CCCCCCC/C=C\C/C=C\CCCCCCCCCCCCCCCCOCC(COP(=O)(O)OCCN)OC(=O)CCCCCCC/C=C\CCCCCCCC. The Hall–Kier alpha value is -1.28. The normalized spacial score (nSPS) is 13.6. The lowest BCUT2D eigenvalue weighted by atomic mass is 10.0. The van der Waals surface area contributed by atoms with Crippen LogP contribution >= 0.6 is 7.82 Å². The first-order valence-corrected chi connectivity index (χ1v) is 27.0. The molecule has 9 heteroatoms. The molecule has 2 atom stereocenters. The second kappa shape index (κ2) is 48.7. The fraction of sp³-hybridized carbons (Fsp3) is 0.863. The molecule has 0 fully saturated rings. The molecular weight excluding hydrogens is 770 g/mol. The molecule has 0 aliphatic rings. The third kappa shape index (κ3) is 47.8. The number of hydrogen-bond acceptors (Lipinski definition) is 7.